The fourth-order valence-electron chi connectivity index (χ4n) is 5.54. The first-order chi connectivity index (χ1) is 11.5. The molecule has 4 heterocycles. The number of hydrogen-bond donors (Lipinski definition) is 0. The lowest BCUT2D eigenvalue weighted by molar-refractivity contribution is -0.571. The van der Waals surface area contributed by atoms with Gasteiger partial charge in [0.05, 0.1) is 6.10 Å². The number of ether oxygens (including phenoxy) is 2. The van der Waals surface area contributed by atoms with E-state index in [9.17, 15) is 0 Å². The van der Waals surface area contributed by atoms with Crippen LogP contribution in [0.2, 0.25) is 0 Å². The highest BCUT2D eigenvalue weighted by atomic mass is 17.3. The SMILES string of the molecule is C[C@H]1[C@@H](CCN=[N+]=[N-])O[C@@H]2O[C@@]3(C)CC[C@H]4[C@H](C)CC[C@@H]1[C@@]24OO3. The van der Waals surface area contributed by atoms with Gasteiger partial charge in [0.1, 0.15) is 0 Å². The molecule has 1 spiro atoms. The summed E-state index contributed by atoms with van der Waals surface area (Å²) in [4.78, 5) is 14.7. The molecule has 2 bridgehead atoms. The van der Waals surface area contributed by atoms with Crippen LogP contribution in [-0.4, -0.2) is 30.3 Å². The van der Waals surface area contributed by atoms with E-state index in [-0.39, 0.29) is 6.10 Å². The minimum atomic E-state index is -0.729. The fraction of sp³-hybridized carbons (Fsp3) is 1.00. The molecule has 5 aliphatic rings. The summed E-state index contributed by atoms with van der Waals surface area (Å²) < 4.78 is 12.7. The maximum Gasteiger partial charge on any atom is 0.201 e. The minimum Gasteiger partial charge on any atom is -0.346 e. The summed E-state index contributed by atoms with van der Waals surface area (Å²) in [6, 6.07) is 0. The van der Waals surface area contributed by atoms with Gasteiger partial charge in [-0.2, -0.15) is 0 Å². The van der Waals surface area contributed by atoms with Crippen LogP contribution in [0, 0.1) is 23.7 Å². The second-order valence-corrected chi connectivity index (χ2v) is 8.19. The molecule has 0 radical (unpaired) electrons. The van der Waals surface area contributed by atoms with Crippen LogP contribution < -0.4 is 0 Å². The minimum absolute atomic E-state index is 0.0248. The van der Waals surface area contributed by atoms with E-state index in [0.29, 0.717) is 30.2 Å². The molecule has 4 saturated heterocycles. The molecule has 5 rings (SSSR count). The van der Waals surface area contributed by atoms with E-state index in [1.807, 2.05) is 6.92 Å². The molecule has 7 heteroatoms. The van der Waals surface area contributed by atoms with Crippen molar-refractivity contribution in [2.24, 2.45) is 28.8 Å². The van der Waals surface area contributed by atoms with Gasteiger partial charge in [0, 0.05) is 23.8 Å². The molecular weight excluding hydrogens is 310 g/mol. The molecule has 8 atom stereocenters. The molecule has 24 heavy (non-hydrogen) atoms. The Kier molecular flexibility index (Phi) is 4.05. The fourth-order valence-corrected chi connectivity index (χ4v) is 5.54. The van der Waals surface area contributed by atoms with Crippen LogP contribution >= 0.6 is 0 Å². The van der Waals surface area contributed by atoms with Crippen LogP contribution in [-0.2, 0) is 19.2 Å². The van der Waals surface area contributed by atoms with Crippen molar-refractivity contribution in [1.82, 2.24) is 0 Å². The maximum atomic E-state index is 8.53. The Balaban J connectivity index is 1.68. The van der Waals surface area contributed by atoms with Gasteiger partial charge in [0.15, 0.2) is 11.9 Å². The molecule has 0 N–H and O–H groups in total. The molecule has 0 aromatic rings. The predicted molar refractivity (Wildman–Crippen MR) is 85.5 cm³/mol. The van der Waals surface area contributed by atoms with Gasteiger partial charge < -0.3 is 9.47 Å². The molecule has 4 aliphatic heterocycles. The second-order valence-electron chi connectivity index (χ2n) is 8.19. The quantitative estimate of drug-likeness (QED) is 0.338. The van der Waals surface area contributed by atoms with E-state index in [4.69, 9.17) is 24.8 Å². The third-order valence-electron chi connectivity index (χ3n) is 6.87. The zero-order valence-corrected chi connectivity index (χ0v) is 14.7. The average molecular weight is 337 g/mol. The third-order valence-corrected chi connectivity index (χ3v) is 6.87. The Hall–Kier alpha value is -0.850. The van der Waals surface area contributed by atoms with Gasteiger partial charge >= 0.3 is 0 Å². The van der Waals surface area contributed by atoms with Crippen LogP contribution in [0.25, 0.3) is 10.4 Å². The highest BCUT2D eigenvalue weighted by Gasteiger charge is 2.69. The van der Waals surface area contributed by atoms with Crippen LogP contribution in [0.5, 0.6) is 0 Å². The van der Waals surface area contributed by atoms with Crippen LogP contribution in [0.3, 0.4) is 0 Å². The van der Waals surface area contributed by atoms with Gasteiger partial charge in [-0.1, -0.05) is 19.0 Å². The van der Waals surface area contributed by atoms with Crippen LogP contribution in [0.4, 0.5) is 0 Å². The van der Waals surface area contributed by atoms with Crippen LogP contribution in [0.15, 0.2) is 5.11 Å². The zero-order valence-electron chi connectivity index (χ0n) is 14.7. The Labute approximate surface area is 142 Å². The Bertz CT molecular complexity index is 554. The molecule has 0 unspecified atom stereocenters. The van der Waals surface area contributed by atoms with Gasteiger partial charge in [0.25, 0.3) is 0 Å². The van der Waals surface area contributed by atoms with Crippen molar-refractivity contribution in [2.45, 2.75) is 76.7 Å². The number of fused-ring (bicyclic) bond motifs is 2. The monoisotopic (exact) mass is 337 g/mol. The third kappa shape index (κ3) is 2.30. The lowest BCUT2D eigenvalue weighted by atomic mass is 9.57. The molecule has 5 fully saturated rings. The molecule has 1 saturated carbocycles. The largest absolute Gasteiger partial charge is 0.346 e. The topological polar surface area (TPSA) is 85.7 Å². The van der Waals surface area contributed by atoms with E-state index < -0.39 is 17.7 Å². The first-order valence-electron chi connectivity index (χ1n) is 9.21. The molecule has 7 nitrogen and oxygen atoms in total. The average Bonchev–Trinajstić information content (AvgIpc) is 2.78. The highest BCUT2D eigenvalue weighted by molar-refractivity contribution is 5.09. The summed E-state index contributed by atoms with van der Waals surface area (Å²) in [6.07, 6.45) is 4.52. The van der Waals surface area contributed by atoms with E-state index in [1.165, 1.54) is 6.42 Å². The maximum absolute atomic E-state index is 8.53. The molecule has 0 aromatic carbocycles. The van der Waals surface area contributed by atoms with Crippen molar-refractivity contribution in [2.75, 3.05) is 6.54 Å². The molecule has 134 valence electrons. The van der Waals surface area contributed by atoms with Crippen molar-refractivity contribution < 1.29 is 19.2 Å². The van der Waals surface area contributed by atoms with Crippen molar-refractivity contribution >= 4 is 0 Å². The normalized spacial score (nSPS) is 53.0. The van der Waals surface area contributed by atoms with E-state index in [2.05, 4.69) is 23.9 Å². The van der Waals surface area contributed by atoms with Crippen LogP contribution in [0.1, 0.15) is 52.9 Å². The van der Waals surface area contributed by atoms with Gasteiger partial charge in [-0.3, -0.25) is 0 Å². The predicted octanol–water partition coefficient (Wildman–Crippen LogP) is 3.94. The second kappa shape index (κ2) is 5.85. The number of azide groups is 1. The van der Waals surface area contributed by atoms with Crippen molar-refractivity contribution in [1.29, 1.82) is 0 Å². The van der Waals surface area contributed by atoms with E-state index in [0.717, 1.165) is 25.7 Å². The summed E-state index contributed by atoms with van der Waals surface area (Å²) in [6.45, 7) is 6.93. The zero-order chi connectivity index (χ0) is 16.9. The first-order valence-corrected chi connectivity index (χ1v) is 9.21. The highest BCUT2D eigenvalue weighted by Crippen LogP contribution is 2.60. The lowest BCUT2D eigenvalue weighted by Crippen LogP contribution is -2.70. The number of hydrogen-bond acceptors (Lipinski definition) is 5. The Morgan fingerprint density at radius 2 is 2.00 bits per heavy atom. The molecule has 0 amide bonds. The van der Waals surface area contributed by atoms with Crippen molar-refractivity contribution in [3.8, 4) is 0 Å². The Morgan fingerprint density at radius 3 is 2.79 bits per heavy atom. The van der Waals surface area contributed by atoms with E-state index in [1.54, 1.807) is 0 Å². The number of nitrogens with zero attached hydrogens (tertiary/aromatic N) is 3. The number of rotatable bonds is 3. The lowest BCUT2D eigenvalue weighted by Gasteiger charge is -2.60. The van der Waals surface area contributed by atoms with Gasteiger partial charge in [-0.05, 0) is 55.9 Å². The van der Waals surface area contributed by atoms with Crippen molar-refractivity contribution in [3.63, 3.8) is 0 Å². The van der Waals surface area contributed by atoms with Gasteiger partial charge in [0.2, 0.25) is 5.79 Å². The van der Waals surface area contributed by atoms with Crippen molar-refractivity contribution in [3.05, 3.63) is 10.4 Å². The molecular formula is C17H27N3O4. The summed E-state index contributed by atoms with van der Waals surface area (Å²) in [5.41, 5.74) is 8.03. The van der Waals surface area contributed by atoms with Gasteiger partial charge in [-0.15, -0.1) is 0 Å². The summed E-state index contributed by atoms with van der Waals surface area (Å²) >= 11 is 0. The Morgan fingerprint density at radius 1 is 1.17 bits per heavy atom. The smallest absolute Gasteiger partial charge is 0.201 e. The molecule has 1 aliphatic carbocycles. The first kappa shape index (κ1) is 16.6. The summed E-state index contributed by atoms with van der Waals surface area (Å²) in [7, 11) is 0. The molecule has 0 aromatic heterocycles. The summed E-state index contributed by atoms with van der Waals surface area (Å²) in [5, 5.41) is 3.68. The van der Waals surface area contributed by atoms with Gasteiger partial charge in [-0.25, -0.2) is 9.78 Å². The standard InChI is InChI=1S/C17H27N3O4/c1-10-4-5-13-11(2)14(7-9-19-20-18)21-15-17(13)12(10)6-8-16(3,22-15)23-24-17/h10-15H,4-9H2,1-3H3/t10-,11-,12+,13+,14-,15-,16-,17-/m1/s1. The summed E-state index contributed by atoms with van der Waals surface area (Å²) in [5.74, 6) is 0.905. The van der Waals surface area contributed by atoms with E-state index >= 15 is 0 Å².